The smallest absolute Gasteiger partial charge is 0.255 e. The van der Waals surface area contributed by atoms with Gasteiger partial charge in [-0.05, 0) is 36.4 Å². The van der Waals surface area contributed by atoms with Gasteiger partial charge in [0, 0.05) is 15.4 Å². The third-order valence-electron chi connectivity index (χ3n) is 3.14. The van der Waals surface area contributed by atoms with Gasteiger partial charge in [-0.2, -0.15) is 0 Å². The molecule has 0 unspecified atom stereocenters. The highest BCUT2D eigenvalue weighted by Gasteiger charge is 2.09. The molecule has 2 nitrogen and oxygen atoms in total. The second kappa shape index (κ2) is 7.90. The number of carbonyl (C=O) groups excluding carboxylic acids is 1. The fourth-order valence-electron chi connectivity index (χ4n) is 2.00. The van der Waals surface area contributed by atoms with E-state index in [0.717, 1.165) is 10.6 Å². The summed E-state index contributed by atoms with van der Waals surface area (Å²) in [5.74, 6) is -0.0941. The number of rotatable bonds is 5. The van der Waals surface area contributed by atoms with Crippen LogP contribution in [0.25, 0.3) is 0 Å². The maximum atomic E-state index is 12.3. The van der Waals surface area contributed by atoms with Gasteiger partial charge in [-0.15, -0.1) is 0 Å². The van der Waals surface area contributed by atoms with Gasteiger partial charge in [-0.25, -0.2) is 0 Å². The van der Waals surface area contributed by atoms with Crippen molar-refractivity contribution in [2.45, 2.75) is 9.79 Å². The van der Waals surface area contributed by atoms with Crippen LogP contribution in [-0.2, 0) is 0 Å². The van der Waals surface area contributed by atoms with Crippen molar-refractivity contribution < 1.29 is 4.79 Å². The van der Waals surface area contributed by atoms with Crippen LogP contribution in [0.5, 0.6) is 0 Å². The summed E-state index contributed by atoms with van der Waals surface area (Å²) in [5.41, 5.74) is 1.48. The van der Waals surface area contributed by atoms with E-state index < -0.39 is 0 Å². The lowest BCUT2D eigenvalue weighted by atomic mass is 10.2. The molecule has 0 fully saturated rings. The van der Waals surface area contributed by atoms with Crippen molar-refractivity contribution in [3.05, 3.63) is 90.5 Å². The second-order valence-corrected chi connectivity index (χ2v) is 7.04. The van der Waals surface area contributed by atoms with E-state index in [4.69, 9.17) is 0 Å². The van der Waals surface area contributed by atoms with Crippen LogP contribution in [0.1, 0.15) is 10.4 Å². The summed E-state index contributed by atoms with van der Waals surface area (Å²) in [6, 6.07) is 27.3. The fraction of sp³-hybridized carbons (Fsp3) is 0. The molecule has 23 heavy (non-hydrogen) atoms. The second-order valence-electron chi connectivity index (χ2n) is 4.80. The van der Waals surface area contributed by atoms with Crippen molar-refractivity contribution in [1.29, 1.82) is 0 Å². The van der Waals surface area contributed by atoms with E-state index in [1.54, 1.807) is 21.6 Å². The molecule has 0 aliphatic rings. The SMILES string of the molecule is O=C(Nc1ccccc1SSc1ccccc1)c1ccccc1. The number of anilines is 1. The lowest BCUT2D eigenvalue weighted by Crippen LogP contribution is -2.12. The third kappa shape index (κ3) is 4.41. The van der Waals surface area contributed by atoms with Crippen LogP contribution >= 0.6 is 21.6 Å². The summed E-state index contributed by atoms with van der Waals surface area (Å²) in [6.45, 7) is 0. The molecule has 0 atom stereocenters. The van der Waals surface area contributed by atoms with Crippen molar-refractivity contribution in [1.82, 2.24) is 0 Å². The topological polar surface area (TPSA) is 29.1 Å². The third-order valence-corrected chi connectivity index (χ3v) is 5.59. The first-order chi connectivity index (χ1) is 11.3. The Morgan fingerprint density at radius 1 is 0.696 bits per heavy atom. The average Bonchev–Trinajstić information content (AvgIpc) is 2.62. The van der Waals surface area contributed by atoms with Crippen molar-refractivity contribution in [2.24, 2.45) is 0 Å². The van der Waals surface area contributed by atoms with Crippen molar-refractivity contribution in [2.75, 3.05) is 5.32 Å². The zero-order chi connectivity index (χ0) is 15.9. The maximum Gasteiger partial charge on any atom is 0.255 e. The van der Waals surface area contributed by atoms with Crippen molar-refractivity contribution in [3.8, 4) is 0 Å². The molecule has 0 heterocycles. The van der Waals surface area contributed by atoms with Crippen molar-refractivity contribution in [3.63, 3.8) is 0 Å². The van der Waals surface area contributed by atoms with Crippen molar-refractivity contribution >= 4 is 33.2 Å². The normalized spacial score (nSPS) is 10.3. The molecule has 1 amide bonds. The maximum absolute atomic E-state index is 12.3. The quantitative estimate of drug-likeness (QED) is 0.602. The Balaban J connectivity index is 1.72. The first-order valence-corrected chi connectivity index (χ1v) is 9.33. The minimum atomic E-state index is -0.0941. The molecule has 4 heteroatoms. The van der Waals surface area contributed by atoms with Gasteiger partial charge in [-0.1, -0.05) is 70.1 Å². The summed E-state index contributed by atoms with van der Waals surface area (Å²) in [7, 11) is 3.32. The molecule has 114 valence electrons. The molecule has 0 radical (unpaired) electrons. The van der Waals surface area contributed by atoms with Gasteiger partial charge in [0.2, 0.25) is 0 Å². The number of para-hydroxylation sites is 1. The van der Waals surface area contributed by atoms with Gasteiger partial charge < -0.3 is 5.32 Å². The number of nitrogens with one attached hydrogen (secondary N) is 1. The first-order valence-electron chi connectivity index (χ1n) is 7.18. The van der Waals surface area contributed by atoms with Gasteiger partial charge in [0.05, 0.1) is 5.69 Å². The van der Waals surface area contributed by atoms with Crippen LogP contribution in [-0.4, -0.2) is 5.91 Å². The van der Waals surface area contributed by atoms with E-state index >= 15 is 0 Å². The Morgan fingerprint density at radius 2 is 1.30 bits per heavy atom. The van der Waals surface area contributed by atoms with E-state index in [-0.39, 0.29) is 5.91 Å². The van der Waals surface area contributed by atoms with Gasteiger partial charge in [-0.3, -0.25) is 4.79 Å². The highest BCUT2D eigenvalue weighted by molar-refractivity contribution is 8.76. The van der Waals surface area contributed by atoms with E-state index in [1.807, 2.05) is 72.8 Å². The Kier molecular flexibility index (Phi) is 5.40. The number of amides is 1. The molecular formula is C19H15NOS2. The molecule has 3 aromatic rings. The predicted octanol–water partition coefficient (Wildman–Crippen LogP) is 5.74. The van der Waals surface area contributed by atoms with Crippen LogP contribution in [0.2, 0.25) is 0 Å². The monoisotopic (exact) mass is 337 g/mol. The summed E-state index contributed by atoms with van der Waals surface area (Å²) >= 11 is 0. The minimum Gasteiger partial charge on any atom is -0.321 e. The molecule has 3 aromatic carbocycles. The summed E-state index contributed by atoms with van der Waals surface area (Å²) < 4.78 is 0. The lowest BCUT2D eigenvalue weighted by Gasteiger charge is -2.10. The number of hydrogen-bond acceptors (Lipinski definition) is 3. The molecule has 0 bridgehead atoms. The van der Waals surface area contributed by atoms with E-state index in [0.29, 0.717) is 5.56 Å². The summed E-state index contributed by atoms with van der Waals surface area (Å²) in [6.07, 6.45) is 0. The Labute approximate surface area is 143 Å². The number of hydrogen-bond donors (Lipinski definition) is 1. The highest BCUT2D eigenvalue weighted by atomic mass is 33.1. The Hall–Kier alpha value is -2.17. The molecule has 0 aromatic heterocycles. The van der Waals surface area contributed by atoms with Gasteiger partial charge in [0.1, 0.15) is 0 Å². The highest BCUT2D eigenvalue weighted by Crippen LogP contribution is 2.40. The lowest BCUT2D eigenvalue weighted by molar-refractivity contribution is 0.102. The predicted molar refractivity (Wildman–Crippen MR) is 99.0 cm³/mol. The Morgan fingerprint density at radius 3 is 2.04 bits per heavy atom. The van der Waals surface area contributed by atoms with Gasteiger partial charge >= 0.3 is 0 Å². The average molecular weight is 337 g/mol. The summed E-state index contributed by atoms with van der Waals surface area (Å²) in [5, 5.41) is 2.99. The van der Waals surface area contributed by atoms with Crippen LogP contribution < -0.4 is 5.32 Å². The standard InChI is InChI=1S/C19H15NOS2/c21-19(15-9-3-1-4-10-15)20-17-13-7-8-14-18(17)23-22-16-11-5-2-6-12-16/h1-14H,(H,20,21). The summed E-state index contributed by atoms with van der Waals surface area (Å²) in [4.78, 5) is 14.5. The van der Waals surface area contributed by atoms with E-state index in [2.05, 4.69) is 17.4 Å². The first kappa shape index (κ1) is 15.7. The largest absolute Gasteiger partial charge is 0.321 e. The molecule has 1 N–H and O–H groups in total. The zero-order valence-electron chi connectivity index (χ0n) is 12.3. The van der Waals surface area contributed by atoms with Gasteiger partial charge in [0.25, 0.3) is 5.91 Å². The van der Waals surface area contributed by atoms with Crippen LogP contribution in [0.15, 0.2) is 94.7 Å². The fourth-order valence-corrected chi connectivity index (χ4v) is 4.12. The molecule has 0 saturated carbocycles. The number of benzene rings is 3. The minimum absolute atomic E-state index is 0.0941. The molecular weight excluding hydrogens is 322 g/mol. The van der Waals surface area contributed by atoms with E-state index in [9.17, 15) is 4.79 Å². The van der Waals surface area contributed by atoms with E-state index in [1.165, 1.54) is 4.90 Å². The number of carbonyl (C=O) groups is 1. The van der Waals surface area contributed by atoms with Crippen LogP contribution in [0.3, 0.4) is 0 Å². The Bertz CT molecular complexity index is 776. The zero-order valence-corrected chi connectivity index (χ0v) is 13.9. The molecule has 0 aliphatic heterocycles. The van der Waals surface area contributed by atoms with Crippen LogP contribution in [0, 0.1) is 0 Å². The molecule has 3 rings (SSSR count). The van der Waals surface area contributed by atoms with Gasteiger partial charge in [0.15, 0.2) is 0 Å². The molecule has 0 saturated heterocycles. The van der Waals surface area contributed by atoms with Crippen LogP contribution in [0.4, 0.5) is 5.69 Å². The molecule has 0 spiro atoms. The molecule has 0 aliphatic carbocycles.